The number of fused-ring (bicyclic) bond motifs is 3. The number of hydrogen-bond acceptors (Lipinski definition) is 6. The van der Waals surface area contributed by atoms with Crippen molar-refractivity contribution >= 4 is 5.78 Å². The Hall–Kier alpha value is -1.05. The van der Waals surface area contributed by atoms with E-state index in [9.17, 15) is 15.0 Å². The minimum Gasteiger partial charge on any atom is -0.391 e. The fourth-order valence-corrected chi connectivity index (χ4v) is 6.80. The van der Waals surface area contributed by atoms with Gasteiger partial charge in [0.1, 0.15) is 12.2 Å². The Labute approximate surface area is 172 Å². The lowest BCUT2D eigenvalue weighted by atomic mass is 9.59. The van der Waals surface area contributed by atoms with E-state index in [-0.39, 0.29) is 35.2 Å². The lowest BCUT2D eigenvalue weighted by Gasteiger charge is -2.52. The SMILES string of the molecule is C=CC1=C[C@@H]2[C@@H]3O[C@]4(CC[C@H](O4)[C@@H](C)C[C@@H](O)C3=O)C[C@H](O)C3NCC[C@@]32CC1. The first-order valence-electron chi connectivity index (χ1n) is 11.2. The lowest BCUT2D eigenvalue weighted by Crippen LogP contribution is -2.61. The molecule has 6 heteroatoms. The van der Waals surface area contributed by atoms with Gasteiger partial charge in [-0.2, -0.15) is 0 Å². The summed E-state index contributed by atoms with van der Waals surface area (Å²) < 4.78 is 13.0. The summed E-state index contributed by atoms with van der Waals surface area (Å²) in [6.45, 7) is 6.78. The molecule has 4 heterocycles. The minimum atomic E-state index is -1.05. The van der Waals surface area contributed by atoms with E-state index in [0.29, 0.717) is 19.3 Å². The van der Waals surface area contributed by atoms with E-state index < -0.39 is 24.1 Å². The van der Waals surface area contributed by atoms with Crippen LogP contribution in [-0.4, -0.2) is 58.8 Å². The van der Waals surface area contributed by atoms with Gasteiger partial charge in [-0.05, 0) is 50.0 Å². The summed E-state index contributed by atoms with van der Waals surface area (Å²) >= 11 is 0. The number of allylic oxidation sites excluding steroid dienone is 2. The zero-order valence-corrected chi connectivity index (χ0v) is 17.2. The molecule has 160 valence electrons. The van der Waals surface area contributed by atoms with E-state index in [1.165, 1.54) is 0 Å². The van der Waals surface area contributed by atoms with Crippen LogP contribution in [0.4, 0.5) is 0 Å². The Morgan fingerprint density at radius 1 is 1.28 bits per heavy atom. The third-order valence-corrected chi connectivity index (χ3v) is 8.36. The summed E-state index contributed by atoms with van der Waals surface area (Å²) in [5.74, 6) is -1.35. The molecule has 0 saturated carbocycles. The number of carbonyl (C=O) groups excluding carboxylic acids is 1. The van der Waals surface area contributed by atoms with Crippen molar-refractivity contribution in [3.05, 3.63) is 24.3 Å². The van der Waals surface area contributed by atoms with Gasteiger partial charge in [-0.15, -0.1) is 0 Å². The van der Waals surface area contributed by atoms with Crippen molar-refractivity contribution < 1.29 is 24.5 Å². The van der Waals surface area contributed by atoms with Gasteiger partial charge in [0, 0.05) is 24.8 Å². The molecule has 4 saturated heterocycles. The third kappa shape index (κ3) is 2.99. The molecule has 3 N–H and O–H groups in total. The number of ketones is 1. The molecule has 4 fully saturated rings. The normalized spacial score (nSPS) is 52.2. The molecule has 5 rings (SSSR count). The van der Waals surface area contributed by atoms with Crippen molar-refractivity contribution in [1.29, 1.82) is 0 Å². The van der Waals surface area contributed by atoms with Gasteiger partial charge in [0.25, 0.3) is 0 Å². The van der Waals surface area contributed by atoms with Crippen molar-refractivity contribution in [2.45, 2.75) is 88.1 Å². The maximum Gasteiger partial charge on any atom is 0.190 e. The molecule has 0 radical (unpaired) electrons. The summed E-state index contributed by atoms with van der Waals surface area (Å²) in [6, 6.07) is -0.107. The topological polar surface area (TPSA) is 88.0 Å². The number of aliphatic hydroxyl groups excluding tert-OH is 2. The van der Waals surface area contributed by atoms with E-state index in [2.05, 4.69) is 18.0 Å². The molecule has 1 aliphatic carbocycles. The van der Waals surface area contributed by atoms with Gasteiger partial charge in [-0.25, -0.2) is 0 Å². The van der Waals surface area contributed by atoms with Crippen LogP contribution < -0.4 is 5.32 Å². The van der Waals surface area contributed by atoms with Crippen molar-refractivity contribution in [1.82, 2.24) is 5.32 Å². The Morgan fingerprint density at radius 3 is 2.90 bits per heavy atom. The van der Waals surface area contributed by atoms with Crippen LogP contribution in [0.2, 0.25) is 0 Å². The quantitative estimate of drug-likeness (QED) is 0.619. The molecular weight excluding hydrogens is 370 g/mol. The number of ether oxygens (including phenoxy) is 2. The van der Waals surface area contributed by atoms with Crippen LogP contribution in [0.5, 0.6) is 0 Å². The van der Waals surface area contributed by atoms with Crippen LogP contribution in [-0.2, 0) is 14.3 Å². The average Bonchev–Trinajstić information content (AvgIpc) is 3.31. The van der Waals surface area contributed by atoms with Crippen LogP contribution in [0.25, 0.3) is 0 Å². The summed E-state index contributed by atoms with van der Waals surface area (Å²) in [4.78, 5) is 13.5. The van der Waals surface area contributed by atoms with E-state index >= 15 is 0 Å². The molecule has 6 nitrogen and oxygen atoms in total. The van der Waals surface area contributed by atoms with Crippen LogP contribution in [0.1, 0.15) is 51.9 Å². The van der Waals surface area contributed by atoms with E-state index in [1.807, 2.05) is 13.0 Å². The van der Waals surface area contributed by atoms with Gasteiger partial charge in [-0.3, -0.25) is 4.79 Å². The van der Waals surface area contributed by atoms with Gasteiger partial charge in [0.2, 0.25) is 0 Å². The predicted octanol–water partition coefficient (Wildman–Crippen LogP) is 1.85. The van der Waals surface area contributed by atoms with Crippen LogP contribution in [0.15, 0.2) is 24.3 Å². The molecule has 9 atom stereocenters. The number of aliphatic hydroxyl groups is 2. The van der Waals surface area contributed by atoms with Gasteiger partial charge in [0.05, 0.1) is 12.2 Å². The highest BCUT2D eigenvalue weighted by molar-refractivity contribution is 5.88. The maximum atomic E-state index is 13.5. The Morgan fingerprint density at radius 2 is 2.10 bits per heavy atom. The number of hydrogen-bond donors (Lipinski definition) is 3. The molecule has 29 heavy (non-hydrogen) atoms. The van der Waals surface area contributed by atoms with Crippen LogP contribution in [0.3, 0.4) is 0 Å². The summed E-state index contributed by atoms with van der Waals surface area (Å²) in [5, 5.41) is 25.6. The minimum absolute atomic E-state index is 0.0604. The molecular formula is C23H33NO5. The van der Waals surface area contributed by atoms with E-state index in [1.54, 1.807) is 0 Å². The second-order valence-electron chi connectivity index (χ2n) is 9.93. The molecule has 0 amide bonds. The van der Waals surface area contributed by atoms with Crippen LogP contribution in [0, 0.1) is 17.3 Å². The molecule has 2 spiro atoms. The second kappa shape index (κ2) is 6.99. The highest BCUT2D eigenvalue weighted by Crippen LogP contribution is 2.55. The third-order valence-electron chi connectivity index (χ3n) is 8.36. The zero-order valence-electron chi connectivity index (χ0n) is 17.2. The van der Waals surface area contributed by atoms with Gasteiger partial charge in [0.15, 0.2) is 11.6 Å². The largest absolute Gasteiger partial charge is 0.391 e. The first-order chi connectivity index (χ1) is 13.9. The van der Waals surface area contributed by atoms with Crippen molar-refractivity contribution in [2.75, 3.05) is 6.54 Å². The second-order valence-corrected chi connectivity index (χ2v) is 9.93. The van der Waals surface area contributed by atoms with Gasteiger partial charge < -0.3 is 25.0 Å². The standard InChI is InChI=1S/C23H33NO5/c1-3-14-4-6-22-8-9-24-21(22)17(26)12-23-7-5-18(28-23)13(2)10-16(25)19(27)20(29-23)15(22)11-14/h3,11,13,15-18,20-21,24-26H,1,4-10,12H2,2H3/t13-,15+,16+,17-,18-,20-,21?,22+,23+/m0/s1. The van der Waals surface area contributed by atoms with E-state index in [0.717, 1.165) is 37.8 Å². The Bertz CT molecular complexity index is 737. The summed E-state index contributed by atoms with van der Waals surface area (Å²) in [6.07, 6.45) is 6.40. The summed E-state index contributed by atoms with van der Waals surface area (Å²) in [7, 11) is 0. The fourth-order valence-electron chi connectivity index (χ4n) is 6.80. The predicted molar refractivity (Wildman–Crippen MR) is 107 cm³/mol. The molecule has 5 aliphatic rings. The Balaban J connectivity index is 1.65. The fraction of sp³-hybridized carbons (Fsp3) is 0.783. The lowest BCUT2D eigenvalue weighted by molar-refractivity contribution is -0.280. The first kappa shape index (κ1) is 19.9. The van der Waals surface area contributed by atoms with Crippen molar-refractivity contribution in [3.63, 3.8) is 0 Å². The molecule has 1 unspecified atom stereocenters. The number of Topliss-reactive ketones (excluding diaryl/α,β-unsaturated/α-hetero) is 1. The average molecular weight is 404 g/mol. The van der Waals surface area contributed by atoms with E-state index in [4.69, 9.17) is 9.47 Å². The monoisotopic (exact) mass is 403 g/mol. The summed E-state index contributed by atoms with van der Waals surface area (Å²) in [5.41, 5.74) is 0.852. The number of rotatable bonds is 1. The highest BCUT2D eigenvalue weighted by Gasteiger charge is 2.61. The molecule has 0 aromatic heterocycles. The smallest absolute Gasteiger partial charge is 0.190 e. The highest BCUT2D eigenvalue weighted by atomic mass is 16.7. The molecule has 0 aromatic rings. The number of carbonyl (C=O) groups is 1. The first-order valence-corrected chi connectivity index (χ1v) is 11.2. The van der Waals surface area contributed by atoms with Gasteiger partial charge in [-0.1, -0.05) is 31.2 Å². The molecule has 4 aliphatic heterocycles. The molecule has 3 bridgehead atoms. The number of nitrogens with one attached hydrogen (secondary N) is 1. The van der Waals surface area contributed by atoms with Crippen molar-refractivity contribution in [3.8, 4) is 0 Å². The van der Waals surface area contributed by atoms with Gasteiger partial charge >= 0.3 is 0 Å². The zero-order chi connectivity index (χ0) is 20.4. The molecule has 0 aromatic carbocycles. The maximum absolute atomic E-state index is 13.5. The van der Waals surface area contributed by atoms with Crippen molar-refractivity contribution in [2.24, 2.45) is 17.3 Å². The van der Waals surface area contributed by atoms with Crippen LogP contribution >= 0.6 is 0 Å². The Kier molecular flexibility index (Phi) is 4.79.